The summed E-state index contributed by atoms with van der Waals surface area (Å²) in [5.41, 5.74) is -0.133. The molecule has 2 aromatic carbocycles. The first kappa shape index (κ1) is 22.1. The number of carbonyl (C=O) groups excluding carboxylic acids is 1. The highest BCUT2D eigenvalue weighted by atomic mass is 35.5. The largest absolute Gasteiger partial charge is 0.486 e. The maximum absolute atomic E-state index is 13.1. The van der Waals surface area contributed by atoms with Gasteiger partial charge in [0.2, 0.25) is 5.91 Å². The molecule has 3 aromatic rings. The SMILES string of the molecule is CN(Cc1ccccc1C(F)(F)F)C(=O)Cc1csc(COc2ccc(Cl)cc2)n1. The van der Waals surface area contributed by atoms with Crippen LogP contribution < -0.4 is 4.74 Å². The van der Waals surface area contributed by atoms with Crippen LogP contribution in [0.2, 0.25) is 5.02 Å². The third-order valence-electron chi connectivity index (χ3n) is 4.26. The molecule has 1 aromatic heterocycles. The highest BCUT2D eigenvalue weighted by Crippen LogP contribution is 2.32. The number of rotatable bonds is 7. The van der Waals surface area contributed by atoms with Gasteiger partial charge in [0.1, 0.15) is 17.4 Å². The van der Waals surface area contributed by atoms with Crippen LogP contribution in [0.3, 0.4) is 0 Å². The van der Waals surface area contributed by atoms with Crippen molar-refractivity contribution in [2.45, 2.75) is 25.7 Å². The van der Waals surface area contributed by atoms with E-state index >= 15 is 0 Å². The van der Waals surface area contributed by atoms with Crippen molar-refractivity contribution in [2.75, 3.05) is 7.05 Å². The van der Waals surface area contributed by atoms with E-state index in [-0.39, 0.29) is 31.0 Å². The Morgan fingerprint density at radius 1 is 1.17 bits per heavy atom. The Morgan fingerprint density at radius 2 is 1.87 bits per heavy atom. The standard InChI is InChI=1S/C21H18ClF3N2O2S/c1-27(11-14-4-2-3-5-18(14)21(23,24)25)20(28)10-16-13-30-19(26-16)12-29-17-8-6-15(22)7-9-17/h2-9,13H,10-12H2,1H3. The number of carbonyl (C=O) groups is 1. The number of nitrogens with zero attached hydrogens (tertiary/aromatic N) is 2. The van der Waals surface area contributed by atoms with Crippen LogP contribution in [0.1, 0.15) is 21.8 Å². The molecular formula is C21H18ClF3N2O2S. The van der Waals surface area contributed by atoms with Crippen molar-refractivity contribution in [3.63, 3.8) is 0 Å². The molecule has 0 aliphatic heterocycles. The first-order valence-corrected chi connectivity index (χ1v) is 10.2. The van der Waals surface area contributed by atoms with E-state index in [1.165, 1.54) is 41.5 Å². The van der Waals surface area contributed by atoms with Gasteiger partial charge in [-0.05, 0) is 35.9 Å². The van der Waals surface area contributed by atoms with Crippen molar-refractivity contribution in [3.05, 3.63) is 80.8 Å². The highest BCUT2D eigenvalue weighted by molar-refractivity contribution is 7.09. The Balaban J connectivity index is 1.57. The first-order valence-electron chi connectivity index (χ1n) is 8.93. The number of hydrogen-bond acceptors (Lipinski definition) is 4. The van der Waals surface area contributed by atoms with Crippen molar-refractivity contribution >= 4 is 28.8 Å². The second-order valence-electron chi connectivity index (χ2n) is 6.56. The van der Waals surface area contributed by atoms with E-state index in [1.54, 1.807) is 29.6 Å². The molecule has 0 bridgehead atoms. The maximum Gasteiger partial charge on any atom is 0.416 e. The van der Waals surface area contributed by atoms with Crippen LogP contribution >= 0.6 is 22.9 Å². The summed E-state index contributed by atoms with van der Waals surface area (Å²) in [4.78, 5) is 18.1. The summed E-state index contributed by atoms with van der Waals surface area (Å²) in [5.74, 6) is 0.331. The van der Waals surface area contributed by atoms with E-state index in [4.69, 9.17) is 16.3 Å². The zero-order valence-electron chi connectivity index (χ0n) is 15.9. The summed E-state index contributed by atoms with van der Waals surface area (Å²) >= 11 is 7.18. The average Bonchev–Trinajstić information content (AvgIpc) is 3.14. The molecule has 9 heteroatoms. The Labute approximate surface area is 180 Å². The number of thiazole rings is 1. The number of benzene rings is 2. The van der Waals surface area contributed by atoms with E-state index in [9.17, 15) is 18.0 Å². The van der Waals surface area contributed by atoms with Gasteiger partial charge in [-0.2, -0.15) is 13.2 Å². The molecule has 3 rings (SSSR count). The summed E-state index contributed by atoms with van der Waals surface area (Å²) < 4.78 is 45.0. The lowest BCUT2D eigenvalue weighted by Gasteiger charge is -2.20. The van der Waals surface area contributed by atoms with Gasteiger partial charge in [0.15, 0.2) is 0 Å². The van der Waals surface area contributed by atoms with E-state index < -0.39 is 11.7 Å². The minimum absolute atomic E-state index is 0.00211. The quantitative estimate of drug-likeness (QED) is 0.467. The second kappa shape index (κ2) is 9.49. The lowest BCUT2D eigenvalue weighted by molar-refractivity contribution is -0.139. The third kappa shape index (κ3) is 5.96. The van der Waals surface area contributed by atoms with Crippen molar-refractivity contribution < 1.29 is 22.7 Å². The number of aromatic nitrogens is 1. The molecule has 0 aliphatic rings. The summed E-state index contributed by atoms with van der Waals surface area (Å²) in [6, 6.07) is 12.2. The van der Waals surface area contributed by atoms with Gasteiger partial charge in [-0.3, -0.25) is 4.79 Å². The van der Waals surface area contributed by atoms with E-state index in [1.807, 2.05) is 0 Å². The van der Waals surface area contributed by atoms with Crippen LogP contribution in [-0.4, -0.2) is 22.8 Å². The lowest BCUT2D eigenvalue weighted by atomic mass is 10.1. The van der Waals surface area contributed by atoms with Gasteiger partial charge in [0, 0.05) is 24.0 Å². The molecule has 0 N–H and O–H groups in total. The van der Waals surface area contributed by atoms with Gasteiger partial charge >= 0.3 is 6.18 Å². The van der Waals surface area contributed by atoms with Crippen molar-refractivity contribution in [1.82, 2.24) is 9.88 Å². The van der Waals surface area contributed by atoms with Crippen LogP contribution in [-0.2, 0) is 30.5 Å². The monoisotopic (exact) mass is 454 g/mol. The number of alkyl halides is 3. The van der Waals surface area contributed by atoms with Gasteiger partial charge in [-0.25, -0.2) is 4.98 Å². The normalized spacial score (nSPS) is 11.4. The van der Waals surface area contributed by atoms with Crippen molar-refractivity contribution in [3.8, 4) is 5.75 Å². The molecule has 0 fully saturated rings. The molecule has 0 spiro atoms. The Morgan fingerprint density at radius 3 is 2.57 bits per heavy atom. The minimum Gasteiger partial charge on any atom is -0.486 e. The molecule has 0 aliphatic carbocycles. The van der Waals surface area contributed by atoms with Crippen LogP contribution in [0.5, 0.6) is 5.75 Å². The summed E-state index contributed by atoms with van der Waals surface area (Å²) in [6.07, 6.45) is -4.46. The Kier molecular flexibility index (Phi) is 6.99. The van der Waals surface area contributed by atoms with Crippen LogP contribution in [0.25, 0.3) is 0 Å². The topological polar surface area (TPSA) is 42.4 Å². The smallest absolute Gasteiger partial charge is 0.416 e. The van der Waals surface area contributed by atoms with Crippen molar-refractivity contribution in [1.29, 1.82) is 0 Å². The van der Waals surface area contributed by atoms with Gasteiger partial charge in [-0.15, -0.1) is 11.3 Å². The van der Waals surface area contributed by atoms with Crippen LogP contribution in [0.4, 0.5) is 13.2 Å². The van der Waals surface area contributed by atoms with Crippen molar-refractivity contribution in [2.24, 2.45) is 0 Å². The summed E-state index contributed by atoms with van der Waals surface area (Å²) in [7, 11) is 1.48. The predicted octanol–water partition coefficient (Wildman–Crippen LogP) is 5.60. The van der Waals surface area contributed by atoms with E-state index in [0.717, 1.165) is 6.07 Å². The van der Waals surface area contributed by atoms with Gasteiger partial charge in [0.05, 0.1) is 17.7 Å². The van der Waals surface area contributed by atoms with Gasteiger partial charge in [0.25, 0.3) is 0 Å². The fraction of sp³-hybridized carbons (Fsp3) is 0.238. The average molecular weight is 455 g/mol. The zero-order valence-corrected chi connectivity index (χ0v) is 17.5. The molecule has 0 unspecified atom stereocenters. The van der Waals surface area contributed by atoms with Gasteiger partial charge < -0.3 is 9.64 Å². The molecule has 1 heterocycles. The number of ether oxygens (including phenoxy) is 1. The molecule has 0 saturated carbocycles. The molecule has 4 nitrogen and oxygen atoms in total. The molecule has 0 saturated heterocycles. The molecule has 158 valence electrons. The molecule has 0 atom stereocenters. The fourth-order valence-electron chi connectivity index (χ4n) is 2.74. The van der Waals surface area contributed by atoms with E-state index in [2.05, 4.69) is 4.98 Å². The lowest BCUT2D eigenvalue weighted by Crippen LogP contribution is -2.29. The number of hydrogen-bond donors (Lipinski definition) is 0. The second-order valence-corrected chi connectivity index (χ2v) is 7.94. The van der Waals surface area contributed by atoms with Gasteiger partial charge in [-0.1, -0.05) is 29.8 Å². The first-order chi connectivity index (χ1) is 14.2. The fourth-order valence-corrected chi connectivity index (χ4v) is 3.57. The zero-order chi connectivity index (χ0) is 21.7. The van der Waals surface area contributed by atoms with Crippen LogP contribution in [0.15, 0.2) is 53.9 Å². The molecular weight excluding hydrogens is 437 g/mol. The minimum atomic E-state index is -4.46. The van der Waals surface area contributed by atoms with Crippen LogP contribution in [0, 0.1) is 0 Å². The highest BCUT2D eigenvalue weighted by Gasteiger charge is 2.33. The number of halogens is 4. The molecule has 0 radical (unpaired) electrons. The summed E-state index contributed by atoms with van der Waals surface area (Å²) in [5, 5.41) is 3.05. The predicted molar refractivity (Wildman–Crippen MR) is 110 cm³/mol. The molecule has 30 heavy (non-hydrogen) atoms. The maximum atomic E-state index is 13.1. The Bertz CT molecular complexity index is 1010. The third-order valence-corrected chi connectivity index (χ3v) is 5.39. The summed E-state index contributed by atoms with van der Waals surface area (Å²) in [6.45, 7) is 0.112. The Hall–Kier alpha value is -2.58. The number of amides is 1. The van der Waals surface area contributed by atoms with E-state index in [0.29, 0.717) is 21.5 Å². The number of likely N-dealkylation sites (N-methyl/N-ethyl adjacent to an activating group) is 1. The molecule has 1 amide bonds.